The van der Waals surface area contributed by atoms with Crippen molar-refractivity contribution in [2.45, 2.75) is 13.8 Å². The van der Waals surface area contributed by atoms with Crippen LogP contribution < -0.4 is 15.0 Å². The molecular weight excluding hydrogens is 324 g/mol. The maximum absolute atomic E-state index is 12.6. The second-order valence-corrected chi connectivity index (χ2v) is 5.61. The molecule has 0 aliphatic rings. The highest BCUT2D eigenvalue weighted by Gasteiger charge is 2.22. The van der Waals surface area contributed by atoms with Crippen LogP contribution in [0.15, 0.2) is 16.9 Å². The summed E-state index contributed by atoms with van der Waals surface area (Å²) >= 11 is 0. The Labute approximate surface area is 143 Å². The third-order valence-corrected chi connectivity index (χ3v) is 4.22. The maximum Gasteiger partial charge on any atom is 0.340 e. The summed E-state index contributed by atoms with van der Waals surface area (Å²) in [5, 5.41) is 1.50. The number of esters is 1. The number of nitrogens with one attached hydrogen (secondary N) is 1. The molecule has 0 amide bonds. The van der Waals surface area contributed by atoms with Gasteiger partial charge in [-0.15, -0.1) is 0 Å². The molecular formula is C18H18N2O5. The van der Waals surface area contributed by atoms with Gasteiger partial charge in [-0.3, -0.25) is 9.78 Å². The largest absolute Gasteiger partial charge is 0.493 e. The fourth-order valence-electron chi connectivity index (χ4n) is 3.12. The van der Waals surface area contributed by atoms with E-state index in [1.54, 1.807) is 26.0 Å². The van der Waals surface area contributed by atoms with Crippen molar-refractivity contribution in [1.82, 2.24) is 9.97 Å². The van der Waals surface area contributed by atoms with Crippen LogP contribution in [0.4, 0.5) is 0 Å². The summed E-state index contributed by atoms with van der Waals surface area (Å²) in [5.41, 5.74) is 1.51. The first kappa shape index (κ1) is 16.8. The van der Waals surface area contributed by atoms with E-state index in [1.807, 2.05) is 0 Å². The number of rotatable bonds is 3. The standard InChI is InChI=1S/C18H18N2O5/c1-8-14-16(15(9(2)19-8)18(22)25-5)10-6-12(23-3)13(24-4)7-11(10)20-17(14)21/h6-7H,1-5H3,(H,20,21). The van der Waals surface area contributed by atoms with Crippen LogP contribution in [0.3, 0.4) is 0 Å². The number of carbonyl (C=O) groups excluding carboxylic acids is 1. The number of hydrogen-bond acceptors (Lipinski definition) is 6. The molecule has 0 fully saturated rings. The minimum Gasteiger partial charge on any atom is -0.493 e. The van der Waals surface area contributed by atoms with Gasteiger partial charge in [0.15, 0.2) is 11.5 Å². The molecule has 0 radical (unpaired) electrons. The molecule has 25 heavy (non-hydrogen) atoms. The number of aromatic amines is 1. The predicted octanol–water partition coefficient (Wildman–Crippen LogP) is 2.50. The van der Waals surface area contributed by atoms with Gasteiger partial charge in [-0.1, -0.05) is 0 Å². The molecule has 0 saturated carbocycles. The minimum absolute atomic E-state index is 0.270. The number of aromatic nitrogens is 2. The van der Waals surface area contributed by atoms with Crippen molar-refractivity contribution < 1.29 is 19.0 Å². The Kier molecular flexibility index (Phi) is 4.08. The molecule has 130 valence electrons. The summed E-state index contributed by atoms with van der Waals surface area (Å²) in [6, 6.07) is 3.40. The molecule has 0 bridgehead atoms. The molecule has 0 unspecified atom stereocenters. The SMILES string of the molecule is COC(=O)c1c(C)nc(C)c2c(=O)[nH]c3cc(OC)c(OC)cc3c12. The van der Waals surface area contributed by atoms with Gasteiger partial charge in [-0.05, 0) is 19.9 Å². The van der Waals surface area contributed by atoms with E-state index in [0.717, 1.165) is 0 Å². The molecule has 0 saturated heterocycles. The van der Waals surface area contributed by atoms with Crippen molar-refractivity contribution in [2.24, 2.45) is 0 Å². The fourth-order valence-corrected chi connectivity index (χ4v) is 3.12. The molecule has 1 N–H and O–H groups in total. The quantitative estimate of drug-likeness (QED) is 0.581. The van der Waals surface area contributed by atoms with Gasteiger partial charge in [0.1, 0.15) is 0 Å². The number of fused-ring (bicyclic) bond motifs is 3. The molecule has 0 atom stereocenters. The summed E-state index contributed by atoms with van der Waals surface area (Å²) < 4.78 is 15.6. The van der Waals surface area contributed by atoms with Crippen LogP contribution >= 0.6 is 0 Å². The molecule has 3 aromatic rings. The van der Waals surface area contributed by atoms with Crippen molar-refractivity contribution in [2.75, 3.05) is 21.3 Å². The van der Waals surface area contributed by atoms with Crippen molar-refractivity contribution in [3.05, 3.63) is 39.4 Å². The minimum atomic E-state index is -0.545. The molecule has 0 aliphatic heterocycles. The first-order chi connectivity index (χ1) is 11.9. The number of nitrogens with zero attached hydrogens (tertiary/aromatic N) is 1. The number of ether oxygens (including phenoxy) is 3. The maximum atomic E-state index is 12.6. The first-order valence-electron chi connectivity index (χ1n) is 7.60. The van der Waals surface area contributed by atoms with Gasteiger partial charge in [-0.2, -0.15) is 0 Å². The Hall–Kier alpha value is -3.09. The normalized spacial score (nSPS) is 10.9. The van der Waals surface area contributed by atoms with Crippen LogP contribution in [0.1, 0.15) is 21.7 Å². The molecule has 0 spiro atoms. The van der Waals surface area contributed by atoms with E-state index in [1.165, 1.54) is 21.3 Å². The van der Waals surface area contributed by atoms with Crippen LogP contribution in [0.5, 0.6) is 11.5 Å². The van der Waals surface area contributed by atoms with Gasteiger partial charge in [-0.25, -0.2) is 4.79 Å². The monoisotopic (exact) mass is 342 g/mol. The summed E-state index contributed by atoms with van der Waals surface area (Å²) in [6.07, 6.45) is 0. The second kappa shape index (κ2) is 6.08. The van der Waals surface area contributed by atoms with Crippen LogP contribution in [-0.4, -0.2) is 37.3 Å². The van der Waals surface area contributed by atoms with E-state index in [-0.39, 0.29) is 11.1 Å². The topological polar surface area (TPSA) is 90.5 Å². The molecule has 0 aliphatic carbocycles. The zero-order chi connectivity index (χ0) is 18.3. The van der Waals surface area contributed by atoms with Gasteiger partial charge in [0.2, 0.25) is 0 Å². The van der Waals surface area contributed by atoms with Crippen LogP contribution in [-0.2, 0) is 4.74 Å². The average Bonchev–Trinajstić information content (AvgIpc) is 2.59. The summed E-state index contributed by atoms with van der Waals surface area (Å²) in [6.45, 7) is 3.45. The number of aryl methyl sites for hydroxylation is 2. The van der Waals surface area contributed by atoms with Crippen LogP contribution in [0.25, 0.3) is 21.7 Å². The van der Waals surface area contributed by atoms with Gasteiger partial charge < -0.3 is 19.2 Å². The smallest absolute Gasteiger partial charge is 0.340 e. The highest BCUT2D eigenvalue weighted by molar-refractivity contribution is 6.16. The number of H-pyrrole nitrogens is 1. The molecule has 2 heterocycles. The fraction of sp³-hybridized carbons (Fsp3) is 0.278. The number of carbonyl (C=O) groups is 1. The van der Waals surface area contributed by atoms with E-state index < -0.39 is 5.97 Å². The summed E-state index contributed by atoms with van der Waals surface area (Å²) in [5.74, 6) is 0.426. The van der Waals surface area contributed by atoms with Gasteiger partial charge in [0.25, 0.3) is 5.56 Å². The van der Waals surface area contributed by atoms with E-state index >= 15 is 0 Å². The van der Waals surface area contributed by atoms with Crippen molar-refractivity contribution >= 4 is 27.6 Å². The van der Waals surface area contributed by atoms with Crippen molar-refractivity contribution in [3.63, 3.8) is 0 Å². The van der Waals surface area contributed by atoms with Gasteiger partial charge >= 0.3 is 5.97 Å². The number of pyridine rings is 2. The Balaban J connectivity index is 2.64. The Morgan fingerprint density at radius 2 is 1.64 bits per heavy atom. The zero-order valence-electron chi connectivity index (χ0n) is 14.6. The third kappa shape index (κ3) is 2.48. The molecule has 2 aromatic heterocycles. The van der Waals surface area contributed by atoms with Gasteiger partial charge in [0, 0.05) is 16.8 Å². The molecule has 1 aromatic carbocycles. The van der Waals surface area contributed by atoms with Gasteiger partial charge in [0.05, 0.1) is 49.2 Å². The van der Waals surface area contributed by atoms with Crippen molar-refractivity contribution in [1.29, 1.82) is 0 Å². The van der Waals surface area contributed by atoms with Crippen LogP contribution in [0, 0.1) is 13.8 Å². The lowest BCUT2D eigenvalue weighted by Gasteiger charge is -2.14. The summed E-state index contributed by atoms with van der Waals surface area (Å²) in [4.78, 5) is 32.1. The van der Waals surface area contributed by atoms with Crippen LogP contribution in [0.2, 0.25) is 0 Å². The van der Waals surface area contributed by atoms with E-state index in [9.17, 15) is 9.59 Å². The summed E-state index contributed by atoms with van der Waals surface area (Å²) in [7, 11) is 4.34. The zero-order valence-corrected chi connectivity index (χ0v) is 14.6. The van der Waals surface area contributed by atoms with E-state index in [2.05, 4.69) is 9.97 Å². The molecule has 7 nitrogen and oxygen atoms in total. The Morgan fingerprint density at radius 3 is 2.24 bits per heavy atom. The number of methoxy groups -OCH3 is 3. The lowest BCUT2D eigenvalue weighted by atomic mass is 9.99. The lowest BCUT2D eigenvalue weighted by Crippen LogP contribution is -2.15. The number of hydrogen-bond donors (Lipinski definition) is 1. The third-order valence-electron chi connectivity index (χ3n) is 4.22. The number of benzene rings is 1. The Bertz CT molecular complexity index is 1070. The lowest BCUT2D eigenvalue weighted by molar-refractivity contribution is 0.0602. The predicted molar refractivity (Wildman–Crippen MR) is 93.8 cm³/mol. The first-order valence-corrected chi connectivity index (χ1v) is 7.60. The highest BCUT2D eigenvalue weighted by atomic mass is 16.5. The van der Waals surface area contributed by atoms with Crippen molar-refractivity contribution in [3.8, 4) is 11.5 Å². The molecule has 3 rings (SSSR count). The highest BCUT2D eigenvalue weighted by Crippen LogP contribution is 2.36. The van der Waals surface area contributed by atoms with E-state index in [0.29, 0.717) is 44.6 Å². The molecule has 7 heteroatoms. The Morgan fingerprint density at radius 1 is 1.00 bits per heavy atom. The second-order valence-electron chi connectivity index (χ2n) is 5.61. The van der Waals surface area contributed by atoms with E-state index in [4.69, 9.17) is 14.2 Å². The average molecular weight is 342 g/mol.